The summed E-state index contributed by atoms with van der Waals surface area (Å²) in [5.41, 5.74) is 0.976. The highest BCUT2D eigenvalue weighted by Crippen LogP contribution is 2.27. The average Bonchev–Trinajstić information content (AvgIpc) is 3.16. The molecular weight excluding hydrogens is 340 g/mol. The van der Waals surface area contributed by atoms with Crippen LogP contribution in [0.5, 0.6) is 0 Å². The number of thioether (sulfide) groups is 1. The lowest BCUT2D eigenvalue weighted by molar-refractivity contribution is -0.385. The monoisotopic (exact) mass is 354 g/mol. The molecule has 1 amide bonds. The molecule has 0 aliphatic heterocycles. The Labute approximate surface area is 147 Å². The van der Waals surface area contributed by atoms with Crippen LogP contribution in [0.3, 0.4) is 0 Å². The number of hydrogen-bond acceptors (Lipinski definition) is 5. The SMILES string of the molecule is CSc1ccc([N+](=O)[O-])c(C(=O)Nc2ccccc2-n2cccn2)c1. The molecule has 25 heavy (non-hydrogen) atoms. The van der Waals surface area contributed by atoms with Gasteiger partial charge in [-0.2, -0.15) is 5.10 Å². The lowest BCUT2D eigenvalue weighted by Gasteiger charge is -2.11. The van der Waals surface area contributed by atoms with Gasteiger partial charge in [0.2, 0.25) is 0 Å². The van der Waals surface area contributed by atoms with Gasteiger partial charge in [-0.15, -0.1) is 11.8 Å². The zero-order valence-electron chi connectivity index (χ0n) is 13.2. The van der Waals surface area contributed by atoms with Crippen LogP contribution in [0.4, 0.5) is 11.4 Å². The van der Waals surface area contributed by atoms with Crippen LogP contribution < -0.4 is 5.32 Å². The van der Waals surface area contributed by atoms with Crippen molar-refractivity contribution < 1.29 is 9.72 Å². The predicted molar refractivity (Wildman–Crippen MR) is 96.4 cm³/mol. The van der Waals surface area contributed by atoms with Gasteiger partial charge in [0.15, 0.2) is 0 Å². The molecule has 0 spiro atoms. The number of nitro groups is 1. The third kappa shape index (κ3) is 3.53. The van der Waals surface area contributed by atoms with Crippen molar-refractivity contribution in [1.82, 2.24) is 9.78 Å². The largest absolute Gasteiger partial charge is 0.320 e. The van der Waals surface area contributed by atoms with E-state index in [9.17, 15) is 14.9 Å². The number of nitrogens with one attached hydrogen (secondary N) is 1. The van der Waals surface area contributed by atoms with E-state index >= 15 is 0 Å². The molecule has 0 unspecified atom stereocenters. The maximum Gasteiger partial charge on any atom is 0.282 e. The summed E-state index contributed by atoms with van der Waals surface area (Å²) in [6.45, 7) is 0. The van der Waals surface area contributed by atoms with Crippen molar-refractivity contribution in [3.63, 3.8) is 0 Å². The Bertz CT molecular complexity index is 925. The van der Waals surface area contributed by atoms with Crippen LogP contribution in [0.25, 0.3) is 5.69 Å². The number of amides is 1. The second-order valence-corrected chi connectivity index (χ2v) is 5.94. The second kappa shape index (κ2) is 7.18. The van der Waals surface area contributed by atoms with Gasteiger partial charge in [-0.1, -0.05) is 12.1 Å². The fourth-order valence-corrected chi connectivity index (χ4v) is 2.80. The number of rotatable bonds is 5. The molecule has 3 rings (SSSR count). The van der Waals surface area contributed by atoms with Crippen molar-refractivity contribution in [2.45, 2.75) is 4.90 Å². The zero-order chi connectivity index (χ0) is 17.8. The lowest BCUT2D eigenvalue weighted by Crippen LogP contribution is -2.15. The molecule has 0 aliphatic carbocycles. The predicted octanol–water partition coefficient (Wildman–Crippen LogP) is 3.75. The van der Waals surface area contributed by atoms with Crippen LogP contribution in [-0.4, -0.2) is 26.9 Å². The van der Waals surface area contributed by atoms with Crippen LogP contribution in [-0.2, 0) is 0 Å². The molecule has 1 aromatic heterocycles. The summed E-state index contributed by atoms with van der Waals surface area (Å²) >= 11 is 1.41. The number of benzene rings is 2. The zero-order valence-corrected chi connectivity index (χ0v) is 14.1. The number of hydrogen-bond donors (Lipinski definition) is 1. The van der Waals surface area contributed by atoms with Gasteiger partial charge in [0.25, 0.3) is 11.6 Å². The number of carbonyl (C=O) groups is 1. The van der Waals surface area contributed by atoms with Gasteiger partial charge >= 0.3 is 0 Å². The van der Waals surface area contributed by atoms with E-state index in [-0.39, 0.29) is 11.3 Å². The van der Waals surface area contributed by atoms with Crippen molar-refractivity contribution in [3.05, 3.63) is 76.6 Å². The van der Waals surface area contributed by atoms with Crippen LogP contribution in [0.15, 0.2) is 65.8 Å². The summed E-state index contributed by atoms with van der Waals surface area (Å²) in [5.74, 6) is -0.540. The van der Waals surface area contributed by atoms with Crippen LogP contribution in [0.2, 0.25) is 0 Å². The van der Waals surface area contributed by atoms with Crippen LogP contribution in [0.1, 0.15) is 10.4 Å². The normalized spacial score (nSPS) is 10.4. The lowest BCUT2D eigenvalue weighted by atomic mass is 10.1. The maximum absolute atomic E-state index is 12.7. The number of para-hydroxylation sites is 2. The molecule has 7 nitrogen and oxygen atoms in total. The first-order valence-electron chi connectivity index (χ1n) is 7.33. The number of carbonyl (C=O) groups excluding carboxylic acids is 1. The molecule has 0 bridgehead atoms. The standard InChI is InChI=1S/C17H14N4O3S/c1-25-12-7-8-15(21(23)24)13(11-12)17(22)19-14-5-2-3-6-16(14)20-10-4-9-18-20/h2-11H,1H3,(H,19,22). The molecule has 0 radical (unpaired) electrons. The Balaban J connectivity index is 1.98. The molecule has 0 atom stereocenters. The Kier molecular flexibility index (Phi) is 4.80. The highest BCUT2D eigenvalue weighted by atomic mass is 32.2. The van der Waals surface area contributed by atoms with E-state index in [0.29, 0.717) is 11.4 Å². The first-order chi connectivity index (χ1) is 12.1. The van der Waals surface area contributed by atoms with Gasteiger partial charge in [0, 0.05) is 23.4 Å². The van der Waals surface area contributed by atoms with Gasteiger partial charge in [-0.3, -0.25) is 14.9 Å². The van der Waals surface area contributed by atoms with E-state index in [1.165, 1.54) is 23.9 Å². The molecule has 0 saturated heterocycles. The topological polar surface area (TPSA) is 90.1 Å². The number of nitro benzene ring substituents is 1. The molecule has 1 N–H and O–H groups in total. The second-order valence-electron chi connectivity index (χ2n) is 5.06. The van der Waals surface area contributed by atoms with Crippen molar-refractivity contribution in [3.8, 4) is 5.69 Å². The smallest absolute Gasteiger partial charge is 0.282 e. The van der Waals surface area contributed by atoms with Crippen molar-refractivity contribution in [1.29, 1.82) is 0 Å². The maximum atomic E-state index is 12.7. The summed E-state index contributed by atoms with van der Waals surface area (Å²) in [5, 5.41) is 18.1. The van der Waals surface area contributed by atoms with E-state index in [1.807, 2.05) is 12.3 Å². The number of aromatic nitrogens is 2. The third-order valence-electron chi connectivity index (χ3n) is 3.55. The summed E-state index contributed by atoms with van der Waals surface area (Å²) in [7, 11) is 0. The van der Waals surface area contributed by atoms with E-state index in [2.05, 4.69) is 10.4 Å². The summed E-state index contributed by atoms with van der Waals surface area (Å²) < 4.78 is 1.61. The molecule has 0 saturated carbocycles. The quantitative estimate of drug-likeness (QED) is 0.428. The molecule has 0 aliphatic rings. The number of nitrogens with zero attached hydrogens (tertiary/aromatic N) is 3. The van der Waals surface area contributed by atoms with Gasteiger partial charge in [0.1, 0.15) is 5.56 Å². The summed E-state index contributed by atoms with van der Waals surface area (Å²) in [6, 6.07) is 13.4. The van der Waals surface area contributed by atoms with Crippen molar-refractivity contribution in [2.24, 2.45) is 0 Å². The fraction of sp³-hybridized carbons (Fsp3) is 0.0588. The van der Waals surface area contributed by atoms with Gasteiger partial charge < -0.3 is 5.32 Å². The summed E-state index contributed by atoms with van der Waals surface area (Å²) in [4.78, 5) is 24.1. The fourth-order valence-electron chi connectivity index (χ4n) is 2.36. The minimum Gasteiger partial charge on any atom is -0.320 e. The first kappa shape index (κ1) is 16.7. The summed E-state index contributed by atoms with van der Waals surface area (Å²) in [6.07, 6.45) is 5.23. The highest BCUT2D eigenvalue weighted by molar-refractivity contribution is 7.98. The average molecular weight is 354 g/mol. The molecular formula is C17H14N4O3S. The van der Waals surface area contributed by atoms with Crippen LogP contribution in [0, 0.1) is 10.1 Å². The number of anilines is 1. The van der Waals surface area contributed by atoms with Gasteiger partial charge in [-0.05, 0) is 36.6 Å². The van der Waals surface area contributed by atoms with Gasteiger partial charge in [-0.25, -0.2) is 4.68 Å². The molecule has 1 heterocycles. The first-order valence-corrected chi connectivity index (χ1v) is 8.55. The van der Waals surface area contributed by atoms with E-state index < -0.39 is 10.8 Å². The van der Waals surface area contributed by atoms with E-state index in [4.69, 9.17) is 0 Å². The molecule has 2 aromatic carbocycles. The minimum absolute atomic E-state index is 0.0205. The Morgan fingerprint density at radius 3 is 2.72 bits per heavy atom. The van der Waals surface area contributed by atoms with Crippen molar-refractivity contribution >= 4 is 29.0 Å². The molecule has 0 fully saturated rings. The Hall–Kier alpha value is -3.13. The Morgan fingerprint density at radius 1 is 1.24 bits per heavy atom. The molecule has 3 aromatic rings. The highest BCUT2D eigenvalue weighted by Gasteiger charge is 2.21. The minimum atomic E-state index is -0.557. The van der Waals surface area contributed by atoms with E-state index in [0.717, 1.165) is 4.90 Å². The third-order valence-corrected chi connectivity index (χ3v) is 4.27. The Morgan fingerprint density at radius 2 is 2.04 bits per heavy atom. The molecule has 126 valence electrons. The molecule has 8 heteroatoms. The van der Waals surface area contributed by atoms with E-state index in [1.54, 1.807) is 47.4 Å². The van der Waals surface area contributed by atoms with Gasteiger partial charge in [0.05, 0.1) is 16.3 Å². The van der Waals surface area contributed by atoms with Crippen LogP contribution >= 0.6 is 11.8 Å². The van der Waals surface area contributed by atoms with Crippen molar-refractivity contribution in [2.75, 3.05) is 11.6 Å².